The zero-order valence-corrected chi connectivity index (χ0v) is 15.5. The summed E-state index contributed by atoms with van der Waals surface area (Å²) in [5.74, 6) is 0.747. The number of nitrogens with zero attached hydrogens (tertiary/aromatic N) is 1. The van der Waals surface area contributed by atoms with E-state index in [9.17, 15) is 4.79 Å². The summed E-state index contributed by atoms with van der Waals surface area (Å²) < 4.78 is 10.4. The zero-order valence-electron chi connectivity index (χ0n) is 14.7. The Labute approximate surface area is 149 Å². The Morgan fingerprint density at radius 3 is 2.79 bits per heavy atom. The lowest BCUT2D eigenvalue weighted by molar-refractivity contribution is 0.0948. The molecule has 0 aliphatic carbocycles. The van der Waals surface area contributed by atoms with Crippen molar-refractivity contribution in [2.75, 3.05) is 33.9 Å². The number of hydrogen-bond donors (Lipinski definition) is 1. The second-order valence-electron chi connectivity index (χ2n) is 6.18. The summed E-state index contributed by atoms with van der Waals surface area (Å²) in [7, 11) is 3.04. The number of nitrogens with one attached hydrogen (secondary N) is 1. The van der Waals surface area contributed by atoms with Gasteiger partial charge in [0.05, 0.1) is 19.2 Å². The van der Waals surface area contributed by atoms with Gasteiger partial charge in [-0.1, -0.05) is 18.0 Å². The minimum absolute atomic E-state index is 0.149. The van der Waals surface area contributed by atoms with Gasteiger partial charge in [0.15, 0.2) is 11.5 Å². The van der Waals surface area contributed by atoms with Crippen LogP contribution in [0.5, 0.6) is 11.5 Å². The van der Waals surface area contributed by atoms with Crippen LogP contribution in [0, 0.1) is 0 Å². The predicted octanol–water partition coefficient (Wildman–Crippen LogP) is 3.35. The van der Waals surface area contributed by atoms with E-state index in [1.165, 1.54) is 40.0 Å². The van der Waals surface area contributed by atoms with Gasteiger partial charge in [0.25, 0.3) is 5.91 Å². The molecule has 6 heteroatoms. The standard InChI is InChI=1S/C18H27ClN2O3/c1-13-7-4-5-9-21(13)10-6-8-20-18(22)14-11-15(19)17(24-3)16(12-14)23-2/h11-13H,4-10H2,1-3H3,(H,20,22). The first kappa shape index (κ1) is 18.9. The molecule has 1 atom stereocenters. The van der Waals surface area contributed by atoms with Crippen LogP contribution in [0.25, 0.3) is 0 Å². The highest BCUT2D eigenvalue weighted by Gasteiger charge is 2.18. The third-order valence-electron chi connectivity index (χ3n) is 4.54. The topological polar surface area (TPSA) is 50.8 Å². The maximum absolute atomic E-state index is 12.3. The average molecular weight is 355 g/mol. The maximum atomic E-state index is 12.3. The average Bonchev–Trinajstić information content (AvgIpc) is 2.59. The molecule has 0 spiro atoms. The van der Waals surface area contributed by atoms with Crippen molar-refractivity contribution < 1.29 is 14.3 Å². The summed E-state index contributed by atoms with van der Waals surface area (Å²) in [6.45, 7) is 5.12. The lowest BCUT2D eigenvalue weighted by Gasteiger charge is -2.33. The second-order valence-corrected chi connectivity index (χ2v) is 6.59. The first-order chi connectivity index (χ1) is 11.6. The molecule has 1 N–H and O–H groups in total. The van der Waals surface area contributed by atoms with Gasteiger partial charge in [-0.25, -0.2) is 0 Å². The Kier molecular flexibility index (Phi) is 7.18. The monoisotopic (exact) mass is 354 g/mol. The number of rotatable bonds is 7. The molecule has 0 radical (unpaired) electrons. The Hall–Kier alpha value is -1.46. The van der Waals surface area contributed by atoms with Gasteiger partial charge in [-0.2, -0.15) is 0 Å². The smallest absolute Gasteiger partial charge is 0.251 e. The molecule has 24 heavy (non-hydrogen) atoms. The molecule has 1 fully saturated rings. The van der Waals surface area contributed by atoms with Crippen LogP contribution in [-0.2, 0) is 0 Å². The highest BCUT2D eigenvalue weighted by molar-refractivity contribution is 6.32. The Balaban J connectivity index is 1.85. The van der Waals surface area contributed by atoms with Gasteiger partial charge in [0, 0.05) is 24.7 Å². The number of methoxy groups -OCH3 is 2. The van der Waals surface area contributed by atoms with Crippen LogP contribution >= 0.6 is 11.6 Å². The van der Waals surface area contributed by atoms with Crippen LogP contribution in [0.4, 0.5) is 0 Å². The number of halogens is 1. The van der Waals surface area contributed by atoms with Gasteiger partial charge >= 0.3 is 0 Å². The number of amides is 1. The molecule has 1 unspecified atom stereocenters. The fraction of sp³-hybridized carbons (Fsp3) is 0.611. The zero-order chi connectivity index (χ0) is 17.5. The van der Waals surface area contributed by atoms with E-state index >= 15 is 0 Å². The van der Waals surface area contributed by atoms with Crippen LogP contribution in [0.3, 0.4) is 0 Å². The van der Waals surface area contributed by atoms with Gasteiger partial charge in [0.1, 0.15) is 0 Å². The van der Waals surface area contributed by atoms with E-state index < -0.39 is 0 Å². The van der Waals surface area contributed by atoms with Crippen molar-refractivity contribution in [1.82, 2.24) is 10.2 Å². The van der Waals surface area contributed by atoms with Crippen molar-refractivity contribution >= 4 is 17.5 Å². The summed E-state index contributed by atoms with van der Waals surface area (Å²) in [6.07, 6.45) is 4.82. The number of likely N-dealkylation sites (tertiary alicyclic amines) is 1. The minimum Gasteiger partial charge on any atom is -0.493 e. The van der Waals surface area contributed by atoms with E-state index in [0.29, 0.717) is 34.7 Å². The Bertz CT molecular complexity index is 565. The molecule has 0 bridgehead atoms. The minimum atomic E-state index is -0.149. The van der Waals surface area contributed by atoms with Crippen molar-refractivity contribution in [2.24, 2.45) is 0 Å². The van der Waals surface area contributed by atoms with Crippen LogP contribution in [-0.4, -0.2) is 50.7 Å². The Morgan fingerprint density at radius 1 is 1.33 bits per heavy atom. The quantitative estimate of drug-likeness (QED) is 0.763. The molecule has 5 nitrogen and oxygen atoms in total. The summed E-state index contributed by atoms with van der Waals surface area (Å²) in [5, 5.41) is 3.31. The van der Waals surface area contributed by atoms with Gasteiger partial charge in [-0.15, -0.1) is 0 Å². The third-order valence-corrected chi connectivity index (χ3v) is 4.82. The van der Waals surface area contributed by atoms with Crippen molar-refractivity contribution in [2.45, 2.75) is 38.6 Å². The van der Waals surface area contributed by atoms with E-state index in [4.69, 9.17) is 21.1 Å². The van der Waals surface area contributed by atoms with Gasteiger partial charge in [0.2, 0.25) is 0 Å². The highest BCUT2D eigenvalue weighted by Crippen LogP contribution is 2.35. The van der Waals surface area contributed by atoms with Crippen molar-refractivity contribution in [3.05, 3.63) is 22.7 Å². The van der Waals surface area contributed by atoms with Crippen LogP contribution in [0.1, 0.15) is 43.0 Å². The number of hydrogen-bond acceptors (Lipinski definition) is 4. The molecule has 1 aliphatic heterocycles. The van der Waals surface area contributed by atoms with E-state index in [-0.39, 0.29) is 5.91 Å². The van der Waals surface area contributed by atoms with Crippen LogP contribution < -0.4 is 14.8 Å². The number of piperidine rings is 1. The molecule has 0 aromatic heterocycles. The molecule has 1 heterocycles. The van der Waals surface area contributed by atoms with E-state index in [1.54, 1.807) is 12.1 Å². The molecule has 1 amide bonds. The third kappa shape index (κ3) is 4.77. The van der Waals surface area contributed by atoms with Crippen molar-refractivity contribution in [1.29, 1.82) is 0 Å². The molecular formula is C18H27ClN2O3. The van der Waals surface area contributed by atoms with E-state index in [1.807, 2.05) is 0 Å². The number of benzene rings is 1. The van der Waals surface area contributed by atoms with Gasteiger partial charge in [-0.05, 0) is 44.9 Å². The summed E-state index contributed by atoms with van der Waals surface area (Å²) in [5.41, 5.74) is 0.476. The molecule has 2 rings (SSSR count). The molecule has 1 aliphatic rings. The van der Waals surface area contributed by atoms with Crippen molar-refractivity contribution in [3.63, 3.8) is 0 Å². The van der Waals surface area contributed by atoms with Gasteiger partial charge in [-0.3, -0.25) is 4.79 Å². The summed E-state index contributed by atoms with van der Waals surface area (Å²) in [4.78, 5) is 14.8. The Morgan fingerprint density at radius 2 is 2.12 bits per heavy atom. The highest BCUT2D eigenvalue weighted by atomic mass is 35.5. The molecular weight excluding hydrogens is 328 g/mol. The molecule has 0 saturated carbocycles. The van der Waals surface area contributed by atoms with E-state index in [0.717, 1.165) is 13.0 Å². The van der Waals surface area contributed by atoms with E-state index in [2.05, 4.69) is 17.1 Å². The molecule has 1 aromatic carbocycles. The van der Waals surface area contributed by atoms with Crippen molar-refractivity contribution in [3.8, 4) is 11.5 Å². The molecule has 1 saturated heterocycles. The lowest BCUT2D eigenvalue weighted by atomic mass is 10.0. The normalized spacial score (nSPS) is 18.2. The number of carbonyl (C=O) groups is 1. The van der Waals surface area contributed by atoms with Crippen LogP contribution in [0.15, 0.2) is 12.1 Å². The number of ether oxygens (including phenoxy) is 2. The molecule has 134 valence electrons. The SMILES string of the molecule is COc1cc(C(=O)NCCCN2CCCCC2C)cc(Cl)c1OC. The maximum Gasteiger partial charge on any atom is 0.251 e. The van der Waals surface area contributed by atoms with Gasteiger partial charge < -0.3 is 19.7 Å². The first-order valence-electron chi connectivity index (χ1n) is 8.50. The predicted molar refractivity (Wildman–Crippen MR) is 96.4 cm³/mol. The van der Waals surface area contributed by atoms with Crippen LogP contribution in [0.2, 0.25) is 5.02 Å². The second kappa shape index (κ2) is 9.14. The lowest BCUT2D eigenvalue weighted by Crippen LogP contribution is -2.39. The fourth-order valence-corrected chi connectivity index (χ4v) is 3.41. The summed E-state index contributed by atoms with van der Waals surface area (Å²) >= 11 is 6.14. The summed E-state index contributed by atoms with van der Waals surface area (Å²) in [6, 6.07) is 3.90. The number of carbonyl (C=O) groups excluding carboxylic acids is 1. The fourth-order valence-electron chi connectivity index (χ4n) is 3.12. The largest absolute Gasteiger partial charge is 0.493 e. The first-order valence-corrected chi connectivity index (χ1v) is 8.88. The molecule has 1 aromatic rings.